The van der Waals surface area contributed by atoms with Crippen LogP contribution in [0.15, 0.2) is 12.4 Å². The van der Waals surface area contributed by atoms with Crippen LogP contribution in [0.1, 0.15) is 44.0 Å². The van der Waals surface area contributed by atoms with E-state index in [1.54, 1.807) is 10.9 Å². The number of nitrogens with zero attached hydrogens (tertiary/aromatic N) is 3. The van der Waals surface area contributed by atoms with Crippen molar-refractivity contribution in [2.24, 2.45) is 0 Å². The lowest BCUT2D eigenvalue weighted by atomic mass is 9.84. The first-order valence-corrected chi connectivity index (χ1v) is 6.26. The summed E-state index contributed by atoms with van der Waals surface area (Å²) >= 11 is 0. The lowest BCUT2D eigenvalue weighted by Gasteiger charge is -2.36. The maximum atomic E-state index is 12.6. The van der Waals surface area contributed by atoms with Crippen molar-refractivity contribution in [3.05, 3.63) is 18.0 Å². The van der Waals surface area contributed by atoms with E-state index in [1.165, 1.54) is 0 Å². The van der Waals surface area contributed by atoms with E-state index in [1.807, 2.05) is 32.1 Å². The van der Waals surface area contributed by atoms with Crippen LogP contribution in [0.25, 0.3) is 0 Å². The molecule has 0 fully saturated rings. The molecule has 1 aromatic rings. The van der Waals surface area contributed by atoms with Crippen LogP contribution >= 0.6 is 0 Å². The van der Waals surface area contributed by atoms with Crippen LogP contribution in [-0.4, -0.2) is 40.1 Å². The van der Waals surface area contributed by atoms with E-state index in [9.17, 15) is 4.79 Å². The number of aryl methyl sites for hydroxylation is 1. The van der Waals surface area contributed by atoms with Gasteiger partial charge in [0.1, 0.15) is 0 Å². The second kappa shape index (κ2) is 5.45. The van der Waals surface area contributed by atoms with Gasteiger partial charge < -0.3 is 0 Å². The van der Waals surface area contributed by atoms with Gasteiger partial charge in [0.2, 0.25) is 0 Å². The Morgan fingerprint density at radius 2 is 1.94 bits per heavy atom. The monoisotopic (exact) mass is 237 g/mol. The second-order valence-corrected chi connectivity index (χ2v) is 4.55. The molecular formula is C13H23N3O. The van der Waals surface area contributed by atoms with Crippen molar-refractivity contribution in [3.8, 4) is 0 Å². The Hall–Kier alpha value is -1.16. The first-order valence-electron chi connectivity index (χ1n) is 6.26. The van der Waals surface area contributed by atoms with Crippen molar-refractivity contribution >= 4 is 5.78 Å². The van der Waals surface area contributed by atoms with Crippen molar-refractivity contribution in [3.63, 3.8) is 0 Å². The van der Waals surface area contributed by atoms with Crippen molar-refractivity contribution in [2.75, 3.05) is 14.1 Å². The number of aromatic nitrogens is 2. The summed E-state index contributed by atoms with van der Waals surface area (Å²) in [6.07, 6.45) is 5.14. The van der Waals surface area contributed by atoms with E-state index >= 15 is 0 Å². The molecule has 0 radical (unpaired) electrons. The predicted molar refractivity (Wildman–Crippen MR) is 69.2 cm³/mol. The first kappa shape index (κ1) is 13.9. The van der Waals surface area contributed by atoms with Gasteiger partial charge in [-0.3, -0.25) is 14.4 Å². The van der Waals surface area contributed by atoms with Gasteiger partial charge in [0, 0.05) is 12.7 Å². The van der Waals surface area contributed by atoms with Gasteiger partial charge in [-0.15, -0.1) is 0 Å². The van der Waals surface area contributed by atoms with Crippen LogP contribution in [0, 0.1) is 0 Å². The Kier molecular flexibility index (Phi) is 4.46. The normalized spacial score (nSPS) is 12.1. The van der Waals surface area contributed by atoms with E-state index in [-0.39, 0.29) is 5.78 Å². The molecule has 0 aliphatic rings. The van der Waals surface area contributed by atoms with Crippen LogP contribution in [0.4, 0.5) is 0 Å². The van der Waals surface area contributed by atoms with Crippen molar-refractivity contribution in [1.29, 1.82) is 0 Å². The summed E-state index contributed by atoms with van der Waals surface area (Å²) in [6.45, 7) is 6.93. The van der Waals surface area contributed by atoms with Gasteiger partial charge in [-0.1, -0.05) is 13.8 Å². The molecule has 1 aromatic heterocycles. The molecule has 4 heteroatoms. The summed E-state index contributed by atoms with van der Waals surface area (Å²) in [5.41, 5.74) is 0.311. The molecule has 1 heterocycles. The summed E-state index contributed by atoms with van der Waals surface area (Å²) in [6, 6.07) is 0. The molecule has 0 aromatic carbocycles. The number of carbonyl (C=O) groups is 1. The number of carbonyl (C=O) groups excluding carboxylic acids is 1. The van der Waals surface area contributed by atoms with Gasteiger partial charge in [0.15, 0.2) is 5.78 Å². The number of hydrogen-bond donors (Lipinski definition) is 0. The standard InChI is InChI=1S/C13H23N3O/c1-6-13(7-2,15(4)5)12(17)11-9-14-16(8-3)10-11/h9-10H,6-8H2,1-5H3. The van der Waals surface area contributed by atoms with E-state index in [0.717, 1.165) is 19.4 Å². The Balaban J connectivity index is 3.07. The minimum Gasteiger partial charge on any atom is -0.297 e. The number of hydrogen-bond acceptors (Lipinski definition) is 3. The molecule has 0 aliphatic heterocycles. The molecule has 0 atom stereocenters. The highest BCUT2D eigenvalue weighted by Gasteiger charge is 2.38. The fourth-order valence-corrected chi connectivity index (χ4v) is 2.33. The van der Waals surface area contributed by atoms with Crippen molar-refractivity contribution in [2.45, 2.75) is 45.7 Å². The molecule has 1 rings (SSSR count). The molecule has 0 saturated heterocycles. The van der Waals surface area contributed by atoms with Crippen LogP contribution in [0.5, 0.6) is 0 Å². The zero-order chi connectivity index (χ0) is 13.1. The zero-order valence-electron chi connectivity index (χ0n) is 11.5. The lowest BCUT2D eigenvalue weighted by Crippen LogP contribution is -2.50. The number of Topliss-reactive ketones (excluding diaryl/α,β-unsaturated/α-hetero) is 1. The zero-order valence-corrected chi connectivity index (χ0v) is 11.5. The second-order valence-electron chi connectivity index (χ2n) is 4.55. The number of ketones is 1. The van der Waals surface area contributed by atoms with Gasteiger partial charge in [-0.25, -0.2) is 0 Å². The summed E-state index contributed by atoms with van der Waals surface area (Å²) in [5, 5.41) is 4.17. The third kappa shape index (κ3) is 2.41. The molecule has 0 aliphatic carbocycles. The molecule has 0 amide bonds. The molecule has 0 N–H and O–H groups in total. The Bertz CT molecular complexity index is 378. The van der Waals surface area contributed by atoms with Gasteiger partial charge in [-0.2, -0.15) is 5.10 Å². The van der Waals surface area contributed by atoms with Crippen LogP contribution in [-0.2, 0) is 6.54 Å². The van der Waals surface area contributed by atoms with Gasteiger partial charge in [0.05, 0.1) is 17.3 Å². The topological polar surface area (TPSA) is 38.1 Å². The molecule has 4 nitrogen and oxygen atoms in total. The summed E-state index contributed by atoms with van der Waals surface area (Å²) < 4.78 is 1.79. The summed E-state index contributed by atoms with van der Waals surface area (Å²) in [7, 11) is 3.93. The predicted octanol–water partition coefficient (Wildman–Crippen LogP) is 2.21. The van der Waals surface area contributed by atoms with Crippen LogP contribution < -0.4 is 0 Å². The molecule has 0 bridgehead atoms. The fraction of sp³-hybridized carbons (Fsp3) is 0.692. The average Bonchev–Trinajstić information content (AvgIpc) is 2.79. The summed E-state index contributed by atoms with van der Waals surface area (Å²) in [4.78, 5) is 14.6. The maximum absolute atomic E-state index is 12.6. The molecule has 0 saturated carbocycles. The molecule has 0 spiro atoms. The van der Waals surface area contributed by atoms with Crippen molar-refractivity contribution < 1.29 is 4.79 Å². The Morgan fingerprint density at radius 3 is 2.29 bits per heavy atom. The highest BCUT2D eigenvalue weighted by Crippen LogP contribution is 2.26. The maximum Gasteiger partial charge on any atom is 0.186 e. The Morgan fingerprint density at radius 1 is 1.35 bits per heavy atom. The third-order valence-electron chi connectivity index (χ3n) is 3.67. The van der Waals surface area contributed by atoms with E-state index in [4.69, 9.17) is 0 Å². The quantitative estimate of drug-likeness (QED) is 0.712. The van der Waals surface area contributed by atoms with E-state index in [2.05, 4.69) is 18.9 Å². The van der Waals surface area contributed by atoms with Crippen LogP contribution in [0.2, 0.25) is 0 Å². The van der Waals surface area contributed by atoms with Gasteiger partial charge in [0.25, 0.3) is 0 Å². The number of likely N-dealkylation sites (N-methyl/N-ethyl adjacent to an activating group) is 1. The average molecular weight is 237 g/mol. The van der Waals surface area contributed by atoms with Gasteiger partial charge >= 0.3 is 0 Å². The van der Waals surface area contributed by atoms with Crippen LogP contribution in [0.3, 0.4) is 0 Å². The molecule has 17 heavy (non-hydrogen) atoms. The number of rotatable bonds is 6. The SMILES string of the molecule is CCn1cc(C(=O)C(CC)(CC)N(C)C)cn1. The first-order chi connectivity index (χ1) is 8.01. The molecule has 0 unspecified atom stereocenters. The van der Waals surface area contributed by atoms with Gasteiger partial charge in [-0.05, 0) is 33.9 Å². The summed E-state index contributed by atoms with van der Waals surface area (Å²) in [5.74, 6) is 0.173. The smallest absolute Gasteiger partial charge is 0.186 e. The fourth-order valence-electron chi connectivity index (χ4n) is 2.33. The minimum absolute atomic E-state index is 0.173. The Labute approximate surface area is 104 Å². The highest BCUT2D eigenvalue weighted by atomic mass is 16.1. The van der Waals surface area contributed by atoms with E-state index < -0.39 is 5.54 Å². The third-order valence-corrected chi connectivity index (χ3v) is 3.67. The molecular weight excluding hydrogens is 214 g/mol. The van der Waals surface area contributed by atoms with E-state index in [0.29, 0.717) is 5.56 Å². The largest absolute Gasteiger partial charge is 0.297 e. The highest BCUT2D eigenvalue weighted by molar-refractivity contribution is 6.02. The lowest BCUT2D eigenvalue weighted by molar-refractivity contribution is 0.0656. The minimum atomic E-state index is -0.401. The van der Waals surface area contributed by atoms with Crippen molar-refractivity contribution in [1.82, 2.24) is 14.7 Å². The molecule has 96 valence electrons.